The van der Waals surface area contributed by atoms with Crippen LogP contribution in [0.1, 0.15) is 59.2 Å². The SMILES string of the molecule is CCCNCCC(C)(C)c1c(OC)cnn1C(C)C. The number of ether oxygens (including phenoxy) is 1. The lowest BCUT2D eigenvalue weighted by molar-refractivity contribution is 0.355. The summed E-state index contributed by atoms with van der Waals surface area (Å²) in [6, 6.07) is 0.349. The van der Waals surface area contributed by atoms with Gasteiger partial charge in [-0.2, -0.15) is 5.10 Å². The number of nitrogens with zero attached hydrogens (tertiary/aromatic N) is 2. The second-order valence-electron chi connectivity index (χ2n) is 5.98. The molecule has 1 heterocycles. The van der Waals surface area contributed by atoms with E-state index in [0.29, 0.717) is 6.04 Å². The minimum atomic E-state index is 0.0485. The molecule has 0 aromatic carbocycles. The van der Waals surface area contributed by atoms with Crippen molar-refractivity contribution in [2.45, 2.75) is 58.9 Å². The molecule has 1 aromatic heterocycles. The molecule has 0 fully saturated rings. The molecule has 0 atom stereocenters. The van der Waals surface area contributed by atoms with Crippen LogP contribution in [0, 0.1) is 0 Å². The number of rotatable bonds is 8. The average Bonchev–Trinajstić information content (AvgIpc) is 2.79. The zero-order chi connectivity index (χ0) is 14.5. The fourth-order valence-corrected chi connectivity index (χ4v) is 2.35. The van der Waals surface area contributed by atoms with Gasteiger partial charge in [-0.05, 0) is 39.8 Å². The summed E-state index contributed by atoms with van der Waals surface area (Å²) in [7, 11) is 1.72. The predicted octanol–water partition coefficient (Wildman–Crippen LogP) is 3.14. The molecule has 1 N–H and O–H groups in total. The molecule has 110 valence electrons. The maximum atomic E-state index is 5.49. The molecule has 4 nitrogen and oxygen atoms in total. The average molecular weight is 267 g/mol. The minimum absolute atomic E-state index is 0.0485. The van der Waals surface area contributed by atoms with Crippen LogP contribution in [-0.4, -0.2) is 30.0 Å². The molecule has 0 amide bonds. The molecule has 0 saturated carbocycles. The van der Waals surface area contributed by atoms with Crippen molar-refractivity contribution in [2.75, 3.05) is 20.2 Å². The lowest BCUT2D eigenvalue weighted by atomic mass is 9.84. The smallest absolute Gasteiger partial charge is 0.160 e. The van der Waals surface area contributed by atoms with Crippen molar-refractivity contribution in [2.24, 2.45) is 0 Å². The van der Waals surface area contributed by atoms with E-state index in [-0.39, 0.29) is 5.41 Å². The zero-order valence-electron chi connectivity index (χ0n) is 13.3. The molecular weight excluding hydrogens is 238 g/mol. The van der Waals surface area contributed by atoms with Crippen LogP contribution in [0.4, 0.5) is 0 Å². The van der Waals surface area contributed by atoms with Crippen LogP contribution in [-0.2, 0) is 5.41 Å². The van der Waals surface area contributed by atoms with E-state index in [9.17, 15) is 0 Å². The number of hydrogen-bond donors (Lipinski definition) is 1. The van der Waals surface area contributed by atoms with Crippen molar-refractivity contribution in [3.8, 4) is 5.75 Å². The first-order valence-corrected chi connectivity index (χ1v) is 7.26. The summed E-state index contributed by atoms with van der Waals surface area (Å²) in [5, 5.41) is 7.94. The van der Waals surface area contributed by atoms with Gasteiger partial charge in [0.05, 0.1) is 19.0 Å². The summed E-state index contributed by atoms with van der Waals surface area (Å²) in [5.74, 6) is 0.897. The van der Waals surface area contributed by atoms with E-state index < -0.39 is 0 Å². The van der Waals surface area contributed by atoms with E-state index in [1.54, 1.807) is 7.11 Å². The lowest BCUT2D eigenvalue weighted by Gasteiger charge is -2.28. The predicted molar refractivity (Wildman–Crippen MR) is 80.0 cm³/mol. The Balaban J connectivity index is 2.88. The molecule has 4 heteroatoms. The Hall–Kier alpha value is -1.03. The van der Waals surface area contributed by atoms with Gasteiger partial charge in [0.2, 0.25) is 0 Å². The molecule has 0 saturated heterocycles. The zero-order valence-corrected chi connectivity index (χ0v) is 13.3. The summed E-state index contributed by atoms with van der Waals surface area (Å²) in [4.78, 5) is 0. The summed E-state index contributed by atoms with van der Waals surface area (Å²) >= 11 is 0. The molecule has 1 rings (SSSR count). The second-order valence-corrected chi connectivity index (χ2v) is 5.98. The Morgan fingerprint density at radius 2 is 2.05 bits per heavy atom. The van der Waals surface area contributed by atoms with Gasteiger partial charge in [0, 0.05) is 11.5 Å². The van der Waals surface area contributed by atoms with Crippen molar-refractivity contribution >= 4 is 0 Å². The van der Waals surface area contributed by atoms with Crippen LogP contribution in [0.25, 0.3) is 0 Å². The molecule has 0 bridgehead atoms. The van der Waals surface area contributed by atoms with Crippen molar-refractivity contribution in [1.29, 1.82) is 0 Å². The number of hydrogen-bond acceptors (Lipinski definition) is 3. The first-order valence-electron chi connectivity index (χ1n) is 7.26. The van der Waals surface area contributed by atoms with Gasteiger partial charge in [-0.15, -0.1) is 0 Å². The number of nitrogens with one attached hydrogen (secondary N) is 1. The van der Waals surface area contributed by atoms with Gasteiger partial charge in [-0.1, -0.05) is 20.8 Å². The maximum Gasteiger partial charge on any atom is 0.160 e. The van der Waals surface area contributed by atoms with Crippen LogP contribution < -0.4 is 10.1 Å². The maximum absolute atomic E-state index is 5.49. The van der Waals surface area contributed by atoms with Gasteiger partial charge >= 0.3 is 0 Å². The Bertz CT molecular complexity index is 383. The van der Waals surface area contributed by atoms with Gasteiger partial charge < -0.3 is 10.1 Å². The molecule has 0 aliphatic carbocycles. The van der Waals surface area contributed by atoms with E-state index in [2.05, 4.69) is 49.7 Å². The lowest BCUT2D eigenvalue weighted by Crippen LogP contribution is -2.29. The third-order valence-electron chi connectivity index (χ3n) is 3.47. The fourth-order valence-electron chi connectivity index (χ4n) is 2.35. The standard InChI is InChI=1S/C15H29N3O/c1-7-9-16-10-8-15(4,5)14-13(19-6)11-17-18(14)12(2)3/h11-12,16H,7-10H2,1-6H3. The first-order chi connectivity index (χ1) is 8.94. The Kier molecular flexibility index (Phi) is 5.85. The first kappa shape index (κ1) is 16.0. The van der Waals surface area contributed by atoms with Crippen LogP contribution in [0.5, 0.6) is 5.75 Å². The van der Waals surface area contributed by atoms with Gasteiger partial charge in [0.25, 0.3) is 0 Å². The molecule has 0 aliphatic heterocycles. The third kappa shape index (κ3) is 3.96. The summed E-state index contributed by atoms with van der Waals surface area (Å²) in [5.41, 5.74) is 1.25. The summed E-state index contributed by atoms with van der Waals surface area (Å²) in [6.45, 7) is 13.1. The molecule has 0 radical (unpaired) electrons. The van der Waals surface area contributed by atoms with Crippen LogP contribution >= 0.6 is 0 Å². The largest absolute Gasteiger partial charge is 0.493 e. The highest BCUT2D eigenvalue weighted by molar-refractivity contribution is 5.32. The normalized spacial score (nSPS) is 12.2. The van der Waals surface area contributed by atoms with Gasteiger partial charge in [0.15, 0.2) is 5.75 Å². The summed E-state index contributed by atoms with van der Waals surface area (Å²) in [6.07, 6.45) is 4.08. The monoisotopic (exact) mass is 267 g/mol. The van der Waals surface area contributed by atoms with E-state index in [1.165, 1.54) is 12.1 Å². The Morgan fingerprint density at radius 1 is 1.37 bits per heavy atom. The Morgan fingerprint density at radius 3 is 2.58 bits per heavy atom. The topological polar surface area (TPSA) is 39.1 Å². The third-order valence-corrected chi connectivity index (χ3v) is 3.47. The van der Waals surface area contributed by atoms with Crippen LogP contribution in [0.15, 0.2) is 6.20 Å². The number of methoxy groups -OCH3 is 1. The number of aromatic nitrogens is 2. The van der Waals surface area contributed by atoms with E-state index >= 15 is 0 Å². The van der Waals surface area contributed by atoms with Crippen molar-refractivity contribution in [1.82, 2.24) is 15.1 Å². The fraction of sp³-hybridized carbons (Fsp3) is 0.800. The van der Waals surface area contributed by atoms with Crippen LogP contribution in [0.3, 0.4) is 0 Å². The van der Waals surface area contributed by atoms with E-state index in [4.69, 9.17) is 4.74 Å². The quantitative estimate of drug-likeness (QED) is 0.735. The molecule has 0 unspecified atom stereocenters. The highest BCUT2D eigenvalue weighted by atomic mass is 16.5. The molecule has 0 aliphatic rings. The van der Waals surface area contributed by atoms with Gasteiger partial charge in [0.1, 0.15) is 0 Å². The van der Waals surface area contributed by atoms with Crippen LogP contribution in [0.2, 0.25) is 0 Å². The van der Waals surface area contributed by atoms with Crippen molar-refractivity contribution in [3.63, 3.8) is 0 Å². The molecule has 19 heavy (non-hydrogen) atoms. The minimum Gasteiger partial charge on any atom is -0.493 e. The summed E-state index contributed by atoms with van der Waals surface area (Å²) < 4.78 is 7.57. The highest BCUT2D eigenvalue weighted by Gasteiger charge is 2.29. The molecular formula is C15H29N3O. The van der Waals surface area contributed by atoms with Crippen molar-refractivity contribution in [3.05, 3.63) is 11.9 Å². The van der Waals surface area contributed by atoms with Gasteiger partial charge in [-0.3, -0.25) is 4.68 Å². The second kappa shape index (κ2) is 6.94. The molecule has 0 spiro atoms. The van der Waals surface area contributed by atoms with E-state index in [1.807, 2.05) is 6.20 Å². The highest BCUT2D eigenvalue weighted by Crippen LogP contribution is 2.35. The Labute approximate surface area is 117 Å². The van der Waals surface area contributed by atoms with Gasteiger partial charge in [-0.25, -0.2) is 0 Å². The molecule has 1 aromatic rings. The van der Waals surface area contributed by atoms with E-state index in [0.717, 1.165) is 25.3 Å². The van der Waals surface area contributed by atoms with Crippen molar-refractivity contribution < 1.29 is 4.74 Å².